The second-order valence-corrected chi connectivity index (χ2v) is 6.88. The molecule has 0 spiro atoms. The van der Waals surface area contributed by atoms with Gasteiger partial charge < -0.3 is 9.72 Å². The first-order chi connectivity index (χ1) is 10.2. The number of hydrogen-bond donors (Lipinski definition) is 1. The highest BCUT2D eigenvalue weighted by atomic mass is 16.5. The molecular weight excluding hydrogens is 274 g/mol. The van der Waals surface area contributed by atoms with Gasteiger partial charge >= 0.3 is 0 Å². The van der Waals surface area contributed by atoms with Crippen molar-refractivity contribution in [1.29, 1.82) is 0 Å². The summed E-state index contributed by atoms with van der Waals surface area (Å²) in [7, 11) is 1.61. The molecule has 0 aliphatic heterocycles. The SMILES string of the molecule is COCc1c(-c2ccc(C(C)(C)C)cc2C)[nH]c(C)cc1=O. The highest BCUT2D eigenvalue weighted by Crippen LogP contribution is 2.29. The minimum Gasteiger partial charge on any atom is -0.380 e. The Morgan fingerprint density at radius 1 is 1.14 bits per heavy atom. The Hall–Kier alpha value is -1.87. The van der Waals surface area contributed by atoms with E-state index in [-0.39, 0.29) is 10.8 Å². The van der Waals surface area contributed by atoms with Gasteiger partial charge in [-0.25, -0.2) is 0 Å². The molecule has 0 saturated heterocycles. The topological polar surface area (TPSA) is 42.1 Å². The van der Waals surface area contributed by atoms with Crippen molar-refractivity contribution in [2.45, 2.75) is 46.6 Å². The molecule has 1 heterocycles. The summed E-state index contributed by atoms with van der Waals surface area (Å²) in [6.45, 7) is 10.9. The van der Waals surface area contributed by atoms with Crippen LogP contribution in [0.3, 0.4) is 0 Å². The van der Waals surface area contributed by atoms with Crippen molar-refractivity contribution in [1.82, 2.24) is 4.98 Å². The van der Waals surface area contributed by atoms with E-state index in [1.165, 1.54) is 5.56 Å². The van der Waals surface area contributed by atoms with Crippen LogP contribution in [0.25, 0.3) is 11.3 Å². The summed E-state index contributed by atoms with van der Waals surface area (Å²) in [5.74, 6) is 0. The van der Waals surface area contributed by atoms with Gasteiger partial charge in [0.05, 0.1) is 12.3 Å². The van der Waals surface area contributed by atoms with Gasteiger partial charge in [-0.15, -0.1) is 0 Å². The molecule has 3 nitrogen and oxygen atoms in total. The average Bonchev–Trinajstić information content (AvgIpc) is 2.40. The number of aromatic nitrogens is 1. The average molecular weight is 299 g/mol. The van der Waals surface area contributed by atoms with Crippen LogP contribution in [0.15, 0.2) is 29.1 Å². The van der Waals surface area contributed by atoms with Crippen LogP contribution >= 0.6 is 0 Å². The molecule has 2 rings (SSSR count). The number of aromatic amines is 1. The molecule has 0 fully saturated rings. The summed E-state index contributed by atoms with van der Waals surface area (Å²) >= 11 is 0. The Morgan fingerprint density at radius 2 is 1.82 bits per heavy atom. The number of rotatable bonds is 3. The number of pyridine rings is 1. The Kier molecular flexibility index (Phi) is 4.57. The van der Waals surface area contributed by atoms with Crippen molar-refractivity contribution in [3.05, 3.63) is 56.9 Å². The maximum Gasteiger partial charge on any atom is 0.187 e. The van der Waals surface area contributed by atoms with Gasteiger partial charge in [0.25, 0.3) is 0 Å². The minimum absolute atomic E-state index is 0.0207. The Bertz CT molecular complexity index is 736. The molecule has 0 aliphatic rings. The van der Waals surface area contributed by atoms with Gasteiger partial charge in [0.2, 0.25) is 0 Å². The summed E-state index contributed by atoms with van der Waals surface area (Å²) in [4.78, 5) is 15.6. The number of methoxy groups -OCH3 is 1. The highest BCUT2D eigenvalue weighted by Gasteiger charge is 2.17. The Morgan fingerprint density at radius 3 is 2.36 bits per heavy atom. The summed E-state index contributed by atoms with van der Waals surface area (Å²) in [6, 6.07) is 8.06. The lowest BCUT2D eigenvalue weighted by Gasteiger charge is -2.21. The van der Waals surface area contributed by atoms with Crippen molar-refractivity contribution >= 4 is 0 Å². The Labute approximate surface area is 132 Å². The van der Waals surface area contributed by atoms with Crippen LogP contribution in [-0.2, 0) is 16.8 Å². The standard InChI is InChI=1S/C19H25NO2/c1-12-9-14(19(3,4)5)7-8-15(12)18-16(11-22-6)17(21)10-13(2)20-18/h7-10H,11H2,1-6H3,(H,20,21). The normalized spacial score (nSPS) is 11.7. The zero-order valence-electron chi connectivity index (χ0n) is 14.3. The zero-order valence-corrected chi connectivity index (χ0v) is 14.3. The van der Waals surface area contributed by atoms with Crippen molar-refractivity contribution in [3.8, 4) is 11.3 Å². The van der Waals surface area contributed by atoms with E-state index >= 15 is 0 Å². The van der Waals surface area contributed by atoms with Crippen molar-refractivity contribution in [2.75, 3.05) is 7.11 Å². The van der Waals surface area contributed by atoms with Gasteiger partial charge in [-0.05, 0) is 30.4 Å². The van der Waals surface area contributed by atoms with Crippen molar-refractivity contribution in [3.63, 3.8) is 0 Å². The zero-order chi connectivity index (χ0) is 16.5. The predicted octanol–water partition coefficient (Wildman–Crippen LogP) is 4.10. The molecule has 0 amide bonds. The van der Waals surface area contributed by atoms with E-state index in [2.05, 4.69) is 50.9 Å². The molecule has 1 aromatic carbocycles. The maximum atomic E-state index is 12.3. The number of ether oxygens (including phenoxy) is 1. The lowest BCUT2D eigenvalue weighted by Crippen LogP contribution is -2.14. The van der Waals surface area contributed by atoms with Crippen LogP contribution in [0.4, 0.5) is 0 Å². The van der Waals surface area contributed by atoms with Crippen molar-refractivity contribution in [2.24, 2.45) is 0 Å². The summed E-state index contributed by atoms with van der Waals surface area (Å²) in [5.41, 5.74) is 6.04. The molecule has 0 saturated carbocycles. The number of benzene rings is 1. The van der Waals surface area contributed by atoms with Crippen LogP contribution in [-0.4, -0.2) is 12.1 Å². The van der Waals surface area contributed by atoms with Gasteiger partial charge in [-0.3, -0.25) is 4.79 Å². The molecular formula is C19H25NO2. The lowest BCUT2D eigenvalue weighted by molar-refractivity contribution is 0.184. The number of nitrogens with one attached hydrogen (secondary N) is 1. The molecule has 3 heteroatoms. The lowest BCUT2D eigenvalue weighted by atomic mass is 9.85. The number of aryl methyl sites for hydroxylation is 2. The molecule has 118 valence electrons. The molecule has 22 heavy (non-hydrogen) atoms. The molecule has 0 unspecified atom stereocenters. The monoisotopic (exact) mass is 299 g/mol. The van der Waals surface area contributed by atoms with E-state index in [0.29, 0.717) is 12.2 Å². The first kappa shape index (κ1) is 16.5. The fourth-order valence-electron chi connectivity index (χ4n) is 2.64. The molecule has 0 aliphatic carbocycles. The number of H-pyrrole nitrogens is 1. The van der Waals surface area contributed by atoms with Crippen LogP contribution < -0.4 is 5.43 Å². The third-order valence-electron chi connectivity index (χ3n) is 3.92. The summed E-state index contributed by atoms with van der Waals surface area (Å²) in [5, 5.41) is 0. The maximum absolute atomic E-state index is 12.3. The van der Waals surface area contributed by atoms with E-state index in [1.54, 1.807) is 13.2 Å². The minimum atomic E-state index is 0.0207. The number of hydrogen-bond acceptors (Lipinski definition) is 2. The van der Waals surface area contributed by atoms with E-state index in [1.807, 2.05) is 6.92 Å². The molecule has 1 aromatic heterocycles. The van der Waals surface area contributed by atoms with Gasteiger partial charge in [0.1, 0.15) is 0 Å². The smallest absolute Gasteiger partial charge is 0.187 e. The van der Waals surface area contributed by atoms with E-state index < -0.39 is 0 Å². The van der Waals surface area contributed by atoms with Gasteiger partial charge in [-0.1, -0.05) is 39.0 Å². The van der Waals surface area contributed by atoms with Gasteiger partial charge in [0, 0.05) is 30.0 Å². The third-order valence-corrected chi connectivity index (χ3v) is 3.92. The summed E-state index contributed by atoms with van der Waals surface area (Å²) < 4.78 is 5.21. The highest BCUT2D eigenvalue weighted by molar-refractivity contribution is 5.67. The molecule has 0 atom stereocenters. The van der Waals surface area contributed by atoms with Gasteiger partial charge in [0.15, 0.2) is 5.43 Å². The second-order valence-electron chi connectivity index (χ2n) is 6.88. The molecule has 2 aromatic rings. The molecule has 0 bridgehead atoms. The predicted molar refractivity (Wildman–Crippen MR) is 91.4 cm³/mol. The van der Waals surface area contributed by atoms with Crippen LogP contribution in [0, 0.1) is 13.8 Å². The third kappa shape index (κ3) is 3.30. The van der Waals surface area contributed by atoms with Crippen LogP contribution in [0.1, 0.15) is 43.2 Å². The summed E-state index contributed by atoms with van der Waals surface area (Å²) in [6.07, 6.45) is 0. The fraction of sp³-hybridized carbons (Fsp3) is 0.421. The second kappa shape index (κ2) is 6.09. The first-order valence-corrected chi connectivity index (χ1v) is 7.57. The van der Waals surface area contributed by atoms with E-state index in [4.69, 9.17) is 4.74 Å². The van der Waals surface area contributed by atoms with Crippen LogP contribution in [0.5, 0.6) is 0 Å². The quantitative estimate of drug-likeness (QED) is 0.927. The first-order valence-electron chi connectivity index (χ1n) is 7.57. The Balaban J connectivity index is 2.64. The van der Waals surface area contributed by atoms with Crippen molar-refractivity contribution < 1.29 is 4.74 Å². The largest absolute Gasteiger partial charge is 0.380 e. The van der Waals surface area contributed by atoms with Crippen LogP contribution in [0.2, 0.25) is 0 Å². The van der Waals surface area contributed by atoms with E-state index in [0.717, 1.165) is 22.5 Å². The molecule has 0 radical (unpaired) electrons. The fourth-order valence-corrected chi connectivity index (χ4v) is 2.64. The van der Waals surface area contributed by atoms with E-state index in [9.17, 15) is 4.79 Å². The molecule has 1 N–H and O–H groups in total. The van der Waals surface area contributed by atoms with Gasteiger partial charge in [-0.2, -0.15) is 0 Å².